The zero-order valence-corrected chi connectivity index (χ0v) is 19.2. The molecule has 0 saturated carbocycles. The molecule has 6 rings (SSSR count). The molecule has 3 heterocycles. The van der Waals surface area contributed by atoms with E-state index in [9.17, 15) is 0 Å². The van der Waals surface area contributed by atoms with Crippen molar-refractivity contribution in [2.75, 3.05) is 0 Å². The molecule has 0 atom stereocenters. The van der Waals surface area contributed by atoms with Gasteiger partial charge in [-0.3, -0.25) is 0 Å². The third-order valence-electron chi connectivity index (χ3n) is 6.60. The van der Waals surface area contributed by atoms with Gasteiger partial charge in [-0.15, -0.1) is 0 Å². The molecule has 0 amide bonds. The van der Waals surface area contributed by atoms with Crippen LogP contribution in [0.4, 0.5) is 0 Å². The molecule has 162 valence electrons. The number of fused-ring (bicyclic) bond motifs is 7. The van der Waals surface area contributed by atoms with Crippen molar-refractivity contribution in [3.8, 4) is 33.6 Å². The van der Waals surface area contributed by atoms with Crippen LogP contribution in [0.2, 0.25) is 0 Å². The van der Waals surface area contributed by atoms with E-state index in [0.717, 1.165) is 12.1 Å². The molecule has 1 aliphatic heterocycles. The summed E-state index contributed by atoms with van der Waals surface area (Å²) in [5.41, 5.74) is 11.0. The lowest BCUT2D eigenvalue weighted by Crippen LogP contribution is -2.68. The molecule has 2 heteroatoms. The number of hydrogen-bond acceptors (Lipinski definition) is 0. The van der Waals surface area contributed by atoms with E-state index in [1.807, 2.05) is 0 Å². The van der Waals surface area contributed by atoms with E-state index < -0.39 is 0 Å². The molecule has 34 heavy (non-hydrogen) atoms. The molecule has 3 aromatic carbocycles. The van der Waals surface area contributed by atoms with Gasteiger partial charge < -0.3 is 0 Å². The lowest BCUT2D eigenvalue weighted by molar-refractivity contribution is -1.29. The fraction of sp³-hybridized carbons (Fsp3) is 0.0625. The molecule has 0 unspecified atom stereocenters. The minimum atomic E-state index is 0.880. The van der Waals surface area contributed by atoms with E-state index in [1.165, 1.54) is 44.6 Å². The molecular formula is C32H26N2+2. The first-order chi connectivity index (χ1) is 16.8. The Morgan fingerprint density at radius 3 is 2.24 bits per heavy atom. The molecule has 0 bridgehead atoms. The molecule has 1 aliphatic rings. The Balaban J connectivity index is 1.73. The van der Waals surface area contributed by atoms with Gasteiger partial charge in [0.25, 0.3) is 17.6 Å². The first-order valence-electron chi connectivity index (χ1n) is 11.8. The van der Waals surface area contributed by atoms with Gasteiger partial charge in [0.15, 0.2) is 0 Å². The maximum absolute atomic E-state index is 2.33. The lowest BCUT2D eigenvalue weighted by Gasteiger charge is -2.09. The maximum atomic E-state index is 2.33. The quantitative estimate of drug-likeness (QED) is 0.266. The van der Waals surface area contributed by atoms with Crippen molar-refractivity contribution in [1.82, 2.24) is 0 Å². The number of aromatic nitrogens is 2. The van der Waals surface area contributed by atoms with Gasteiger partial charge in [-0.25, -0.2) is 0 Å². The van der Waals surface area contributed by atoms with E-state index >= 15 is 0 Å². The largest absolute Gasteiger partial charge is 0.284 e. The Labute approximate surface area is 200 Å². The molecule has 0 spiro atoms. The van der Waals surface area contributed by atoms with E-state index in [2.05, 4.69) is 144 Å². The van der Waals surface area contributed by atoms with Crippen LogP contribution in [0.5, 0.6) is 0 Å². The van der Waals surface area contributed by atoms with Crippen LogP contribution < -0.4 is 9.35 Å². The second-order valence-electron chi connectivity index (χ2n) is 8.75. The molecule has 2 aromatic heterocycles. The van der Waals surface area contributed by atoms with Gasteiger partial charge in [-0.1, -0.05) is 78.9 Å². The van der Waals surface area contributed by atoms with Gasteiger partial charge in [0, 0.05) is 18.2 Å². The molecule has 0 N–H and O–H groups in total. The SMILES string of the molecule is Cc1cc2[n+](cc1-c1ccccc1)-[n+]1ccccc1-c1ccccc1/C=C/Cc1ccccc1-2. The van der Waals surface area contributed by atoms with Crippen LogP contribution in [0, 0.1) is 6.92 Å². The summed E-state index contributed by atoms with van der Waals surface area (Å²) in [6.07, 6.45) is 9.86. The van der Waals surface area contributed by atoms with Gasteiger partial charge in [-0.2, -0.15) is 0 Å². The minimum absolute atomic E-state index is 0.880. The lowest BCUT2D eigenvalue weighted by atomic mass is 9.97. The van der Waals surface area contributed by atoms with Crippen molar-refractivity contribution in [3.05, 3.63) is 138 Å². The number of aryl methyl sites for hydroxylation is 1. The van der Waals surface area contributed by atoms with Crippen LogP contribution in [0.3, 0.4) is 0 Å². The summed E-state index contributed by atoms with van der Waals surface area (Å²) < 4.78 is 4.58. The third kappa shape index (κ3) is 3.54. The molecule has 5 aromatic rings. The summed E-state index contributed by atoms with van der Waals surface area (Å²) in [6.45, 7) is 2.21. The van der Waals surface area contributed by atoms with Crippen LogP contribution in [0.25, 0.3) is 39.7 Å². The second-order valence-corrected chi connectivity index (χ2v) is 8.75. The number of allylic oxidation sites excluding steroid dienone is 1. The van der Waals surface area contributed by atoms with Crippen molar-refractivity contribution >= 4 is 6.08 Å². The Morgan fingerprint density at radius 1 is 0.618 bits per heavy atom. The zero-order chi connectivity index (χ0) is 22.9. The van der Waals surface area contributed by atoms with Crippen LogP contribution in [0.15, 0.2) is 122 Å². The number of rotatable bonds is 1. The number of hydrogen-bond donors (Lipinski definition) is 0. The van der Waals surface area contributed by atoms with Crippen molar-refractivity contribution in [2.45, 2.75) is 13.3 Å². The molecule has 2 nitrogen and oxygen atoms in total. The van der Waals surface area contributed by atoms with Gasteiger partial charge in [0.2, 0.25) is 6.20 Å². The van der Waals surface area contributed by atoms with Crippen molar-refractivity contribution in [2.24, 2.45) is 0 Å². The summed E-state index contributed by atoms with van der Waals surface area (Å²) >= 11 is 0. The van der Waals surface area contributed by atoms with Crippen molar-refractivity contribution in [1.29, 1.82) is 0 Å². The first-order valence-corrected chi connectivity index (χ1v) is 11.8. The van der Waals surface area contributed by atoms with Gasteiger partial charge in [0.05, 0.1) is 26.0 Å². The fourth-order valence-electron chi connectivity index (χ4n) is 4.91. The highest BCUT2D eigenvalue weighted by Gasteiger charge is 2.30. The highest BCUT2D eigenvalue weighted by atomic mass is 15.5. The molecule has 0 aliphatic carbocycles. The number of benzene rings is 3. The molecule has 0 saturated heterocycles. The Kier molecular flexibility index (Phi) is 5.12. The molecule has 0 radical (unpaired) electrons. The predicted molar refractivity (Wildman–Crippen MR) is 138 cm³/mol. The van der Waals surface area contributed by atoms with Crippen molar-refractivity contribution < 1.29 is 9.35 Å². The zero-order valence-electron chi connectivity index (χ0n) is 19.2. The Hall–Kier alpha value is -4.30. The average molecular weight is 439 g/mol. The van der Waals surface area contributed by atoms with E-state index in [1.54, 1.807) is 0 Å². The number of nitrogens with zero attached hydrogens (tertiary/aromatic N) is 2. The Morgan fingerprint density at radius 2 is 1.35 bits per heavy atom. The monoisotopic (exact) mass is 438 g/mol. The molecule has 0 fully saturated rings. The van der Waals surface area contributed by atoms with Crippen LogP contribution >= 0.6 is 0 Å². The third-order valence-corrected chi connectivity index (χ3v) is 6.60. The van der Waals surface area contributed by atoms with E-state index in [-0.39, 0.29) is 0 Å². The minimum Gasteiger partial charge on any atom is -0.0795 e. The van der Waals surface area contributed by atoms with Gasteiger partial charge >= 0.3 is 0 Å². The first kappa shape index (κ1) is 20.3. The second kappa shape index (κ2) is 8.57. The summed E-state index contributed by atoms with van der Waals surface area (Å²) in [4.78, 5) is 0. The highest BCUT2D eigenvalue weighted by Crippen LogP contribution is 2.29. The smallest absolute Gasteiger partial charge is 0.0795 e. The average Bonchev–Trinajstić information content (AvgIpc) is 2.91. The normalized spacial score (nSPS) is 13.0. The van der Waals surface area contributed by atoms with Crippen molar-refractivity contribution in [3.63, 3.8) is 0 Å². The summed E-state index contributed by atoms with van der Waals surface area (Å²) in [5, 5.41) is 0. The molecular weight excluding hydrogens is 412 g/mol. The van der Waals surface area contributed by atoms with E-state index in [0.29, 0.717) is 0 Å². The highest BCUT2D eigenvalue weighted by molar-refractivity contribution is 5.73. The fourth-order valence-corrected chi connectivity index (χ4v) is 4.91. The predicted octanol–water partition coefficient (Wildman–Crippen LogP) is 6.45. The summed E-state index contributed by atoms with van der Waals surface area (Å²) in [7, 11) is 0. The van der Waals surface area contributed by atoms with E-state index in [4.69, 9.17) is 0 Å². The standard InChI is InChI=1S/C32H26N2/c1-24-22-32-29-19-8-6-15-26(29)17-11-16-25-14-5-7-18-28(25)31-20-9-10-21-33(31)34(32)23-30(24)27-12-3-2-4-13-27/h2-16,18-23H,17H2,1H3/q+2/b16-11+. The van der Waals surface area contributed by atoms with Gasteiger partial charge in [-0.05, 0) is 53.8 Å². The topological polar surface area (TPSA) is 7.76 Å². The Bertz CT molecular complexity index is 1530. The summed E-state index contributed by atoms with van der Waals surface area (Å²) in [6, 6.07) is 36.8. The summed E-state index contributed by atoms with van der Waals surface area (Å²) in [5.74, 6) is 0. The van der Waals surface area contributed by atoms with Crippen LogP contribution in [-0.2, 0) is 6.42 Å². The van der Waals surface area contributed by atoms with Crippen LogP contribution in [0.1, 0.15) is 16.7 Å². The van der Waals surface area contributed by atoms with Gasteiger partial charge in [0.1, 0.15) is 0 Å². The van der Waals surface area contributed by atoms with Crippen LogP contribution in [-0.4, -0.2) is 0 Å². The maximum Gasteiger partial charge on any atom is 0.284 e. The number of pyridine rings is 2.